The zero-order chi connectivity index (χ0) is 45.0. The van der Waals surface area contributed by atoms with Gasteiger partial charge < -0.3 is 28.8 Å². The van der Waals surface area contributed by atoms with E-state index in [1.165, 1.54) is 186 Å². The molecule has 364 valence electrons. The second kappa shape index (κ2) is 44.4. The van der Waals surface area contributed by atoms with Crippen LogP contribution >= 0.6 is 7.82 Å². The summed E-state index contributed by atoms with van der Waals surface area (Å²) in [6.07, 6.45) is 52.2. The van der Waals surface area contributed by atoms with E-state index >= 15 is 0 Å². The van der Waals surface area contributed by atoms with Crippen LogP contribution in [0.2, 0.25) is 0 Å². The molecule has 0 heterocycles. The number of unbranched alkanes of at least 4 members (excludes halogenated alkanes) is 34. The summed E-state index contributed by atoms with van der Waals surface area (Å²) in [5.41, 5.74) is 0. The molecule has 0 aliphatic carbocycles. The molecule has 3 unspecified atom stereocenters. The molecule has 3 atom stereocenters. The van der Waals surface area contributed by atoms with Gasteiger partial charge in [-0.05, 0) is 38.5 Å². The molecule has 0 aromatic carbocycles. The number of quaternary nitrogens is 1. The van der Waals surface area contributed by atoms with Crippen molar-refractivity contribution >= 4 is 13.7 Å². The number of rotatable bonds is 49. The van der Waals surface area contributed by atoms with Crippen molar-refractivity contribution in [1.29, 1.82) is 0 Å². The van der Waals surface area contributed by atoms with E-state index in [0.29, 0.717) is 23.9 Å². The van der Waals surface area contributed by atoms with E-state index in [2.05, 4.69) is 31.3 Å². The van der Waals surface area contributed by atoms with Gasteiger partial charge in [-0.15, -0.1) is 0 Å². The molecular formula is C52H105N2O6P. The van der Waals surface area contributed by atoms with Crippen LogP contribution in [0.3, 0.4) is 0 Å². The summed E-state index contributed by atoms with van der Waals surface area (Å²) in [6.45, 7) is 4.75. The van der Waals surface area contributed by atoms with Crippen molar-refractivity contribution in [3.05, 3.63) is 12.2 Å². The first-order valence-electron chi connectivity index (χ1n) is 26.5. The summed E-state index contributed by atoms with van der Waals surface area (Å²) in [5, 5.41) is 14.0. The Bertz CT molecular complexity index is 1000. The Labute approximate surface area is 380 Å². The molecule has 0 rings (SSSR count). The summed E-state index contributed by atoms with van der Waals surface area (Å²) in [6, 6.07) is -0.802. The molecule has 61 heavy (non-hydrogen) atoms. The zero-order valence-electron chi connectivity index (χ0n) is 41.4. The summed E-state index contributed by atoms with van der Waals surface area (Å²) >= 11 is 0. The molecule has 0 spiro atoms. The molecular weight excluding hydrogens is 780 g/mol. The van der Waals surface area contributed by atoms with Crippen molar-refractivity contribution in [2.24, 2.45) is 0 Å². The lowest BCUT2D eigenvalue weighted by atomic mass is 10.0. The second-order valence-electron chi connectivity index (χ2n) is 19.6. The molecule has 0 aromatic rings. The summed E-state index contributed by atoms with van der Waals surface area (Å²) in [4.78, 5) is 25.5. The van der Waals surface area contributed by atoms with Gasteiger partial charge in [0.25, 0.3) is 7.82 Å². The van der Waals surface area contributed by atoms with Gasteiger partial charge in [-0.1, -0.05) is 231 Å². The number of allylic oxidation sites excluding steroid dienone is 2. The lowest BCUT2D eigenvalue weighted by Crippen LogP contribution is -2.46. The fourth-order valence-electron chi connectivity index (χ4n) is 8.04. The van der Waals surface area contributed by atoms with Crippen molar-refractivity contribution < 1.29 is 32.9 Å². The smallest absolute Gasteiger partial charge is 0.268 e. The van der Waals surface area contributed by atoms with Crippen LogP contribution < -0.4 is 10.2 Å². The molecule has 9 heteroatoms. The minimum Gasteiger partial charge on any atom is -0.756 e. The average Bonchev–Trinajstić information content (AvgIpc) is 3.21. The number of carbonyl (C=O) groups is 1. The molecule has 0 radical (unpaired) electrons. The van der Waals surface area contributed by atoms with Gasteiger partial charge in [0.15, 0.2) is 0 Å². The number of hydrogen-bond acceptors (Lipinski definition) is 6. The minimum absolute atomic E-state index is 0.0128. The van der Waals surface area contributed by atoms with Crippen LogP contribution in [0.4, 0.5) is 0 Å². The van der Waals surface area contributed by atoms with Crippen molar-refractivity contribution in [3.8, 4) is 0 Å². The Morgan fingerprint density at radius 2 is 0.902 bits per heavy atom. The Morgan fingerprint density at radius 1 is 0.557 bits per heavy atom. The number of phosphoric acid groups is 1. The fraction of sp³-hybridized carbons (Fsp3) is 0.942. The quantitative estimate of drug-likeness (QED) is 0.0273. The maximum Gasteiger partial charge on any atom is 0.268 e. The standard InChI is InChI=1S/C52H105N2O6P/c1-6-8-10-12-14-16-18-20-22-24-26-27-28-29-31-33-35-37-39-41-43-45-51(55)50(49-60-61(57,58)59-48-47-54(3,4)5)53-52(56)46-44-42-40-38-36-34-32-30-25-23-21-19-17-15-13-11-9-7-2/h30,32,50-51,55H,6-29,31,33-49H2,1-5H3,(H-,53,56,57,58)/b32-30-. The van der Waals surface area contributed by atoms with E-state index in [4.69, 9.17) is 9.05 Å². The number of aliphatic hydroxyl groups is 1. The van der Waals surface area contributed by atoms with Crippen molar-refractivity contribution in [3.63, 3.8) is 0 Å². The molecule has 0 fully saturated rings. The maximum atomic E-state index is 12.9. The monoisotopic (exact) mass is 885 g/mol. The third-order valence-electron chi connectivity index (χ3n) is 12.3. The summed E-state index contributed by atoms with van der Waals surface area (Å²) < 4.78 is 23.4. The van der Waals surface area contributed by atoms with Crippen LogP contribution in [0.5, 0.6) is 0 Å². The molecule has 0 bridgehead atoms. The van der Waals surface area contributed by atoms with Crippen molar-refractivity contribution in [2.45, 2.75) is 276 Å². The lowest BCUT2D eigenvalue weighted by molar-refractivity contribution is -0.870. The van der Waals surface area contributed by atoms with E-state index in [0.717, 1.165) is 51.4 Å². The van der Waals surface area contributed by atoms with Gasteiger partial charge in [0, 0.05) is 6.42 Å². The minimum atomic E-state index is -4.57. The number of hydrogen-bond donors (Lipinski definition) is 2. The van der Waals surface area contributed by atoms with E-state index in [1.54, 1.807) is 0 Å². The van der Waals surface area contributed by atoms with E-state index in [-0.39, 0.29) is 19.1 Å². The average molecular weight is 885 g/mol. The van der Waals surface area contributed by atoms with E-state index in [9.17, 15) is 19.4 Å². The maximum absolute atomic E-state index is 12.9. The molecule has 8 nitrogen and oxygen atoms in total. The molecule has 0 saturated heterocycles. The number of nitrogens with zero attached hydrogens (tertiary/aromatic N) is 1. The Kier molecular flexibility index (Phi) is 43.9. The highest BCUT2D eigenvalue weighted by molar-refractivity contribution is 7.45. The van der Waals surface area contributed by atoms with Gasteiger partial charge >= 0.3 is 0 Å². The largest absolute Gasteiger partial charge is 0.756 e. The molecule has 2 N–H and O–H groups in total. The lowest BCUT2D eigenvalue weighted by Gasteiger charge is -2.30. The number of phosphoric ester groups is 1. The van der Waals surface area contributed by atoms with Crippen LogP contribution in [0.1, 0.15) is 264 Å². The second-order valence-corrected chi connectivity index (χ2v) is 21.0. The third-order valence-corrected chi connectivity index (χ3v) is 13.2. The third kappa shape index (κ3) is 47.0. The molecule has 1 amide bonds. The van der Waals surface area contributed by atoms with Gasteiger partial charge in [0.1, 0.15) is 13.2 Å². The van der Waals surface area contributed by atoms with E-state index in [1.807, 2.05) is 21.1 Å². The first-order chi connectivity index (χ1) is 29.5. The topological polar surface area (TPSA) is 108 Å². The van der Waals surface area contributed by atoms with Crippen LogP contribution in [-0.4, -0.2) is 68.5 Å². The van der Waals surface area contributed by atoms with E-state index < -0.39 is 20.0 Å². The molecule has 0 aliphatic heterocycles. The zero-order valence-corrected chi connectivity index (χ0v) is 42.3. The Balaban J connectivity index is 4.23. The van der Waals surface area contributed by atoms with Crippen LogP contribution in [0.15, 0.2) is 12.2 Å². The highest BCUT2D eigenvalue weighted by Gasteiger charge is 2.24. The Hall–Kier alpha value is -0.760. The van der Waals surface area contributed by atoms with Gasteiger partial charge in [-0.25, -0.2) is 0 Å². The van der Waals surface area contributed by atoms with Crippen LogP contribution in [0.25, 0.3) is 0 Å². The number of amides is 1. The highest BCUT2D eigenvalue weighted by atomic mass is 31.2. The first kappa shape index (κ1) is 60.2. The van der Waals surface area contributed by atoms with Gasteiger partial charge in [-0.2, -0.15) is 0 Å². The SMILES string of the molecule is CCCCCCCCCCC/C=C\CCCCCCCC(=O)NC(COP(=O)([O-])OCC[N+](C)(C)C)C(O)CCCCCCCCCCCCCCCCCCCCCCC. The predicted octanol–water partition coefficient (Wildman–Crippen LogP) is 14.8. The van der Waals surface area contributed by atoms with Gasteiger partial charge in [0.2, 0.25) is 5.91 Å². The van der Waals surface area contributed by atoms with Crippen molar-refractivity contribution in [1.82, 2.24) is 5.32 Å². The highest BCUT2D eigenvalue weighted by Crippen LogP contribution is 2.38. The van der Waals surface area contributed by atoms with Crippen LogP contribution in [0, 0.1) is 0 Å². The molecule has 0 aliphatic rings. The van der Waals surface area contributed by atoms with Crippen LogP contribution in [-0.2, 0) is 18.4 Å². The molecule has 0 aromatic heterocycles. The predicted molar refractivity (Wildman–Crippen MR) is 261 cm³/mol. The summed E-state index contributed by atoms with van der Waals surface area (Å²) in [7, 11) is 1.31. The van der Waals surface area contributed by atoms with Gasteiger partial charge in [-0.3, -0.25) is 9.36 Å². The number of carbonyl (C=O) groups excluding carboxylic acids is 1. The molecule has 0 saturated carbocycles. The van der Waals surface area contributed by atoms with Crippen molar-refractivity contribution in [2.75, 3.05) is 40.9 Å². The Morgan fingerprint density at radius 3 is 1.28 bits per heavy atom. The first-order valence-corrected chi connectivity index (χ1v) is 28.0. The number of nitrogens with one attached hydrogen (secondary N) is 1. The fourth-order valence-corrected chi connectivity index (χ4v) is 8.76. The van der Waals surface area contributed by atoms with Gasteiger partial charge in [0.05, 0.1) is 39.9 Å². The number of likely N-dealkylation sites (N-methyl/N-ethyl adjacent to an activating group) is 1. The summed E-state index contributed by atoms with van der Waals surface area (Å²) in [5.74, 6) is -0.169. The number of aliphatic hydroxyl groups excluding tert-OH is 1. The normalized spacial score (nSPS) is 14.1.